The third kappa shape index (κ3) is 2.45. The third-order valence-electron chi connectivity index (χ3n) is 2.82. The Morgan fingerprint density at radius 2 is 2.11 bits per heavy atom. The number of hydrogen-bond acceptors (Lipinski definition) is 4. The van der Waals surface area contributed by atoms with Gasteiger partial charge in [0.05, 0.1) is 5.39 Å². The molecule has 19 heavy (non-hydrogen) atoms. The van der Waals surface area contributed by atoms with E-state index in [0.29, 0.717) is 0 Å². The predicted molar refractivity (Wildman–Crippen MR) is 84.6 cm³/mol. The highest BCUT2D eigenvalue weighted by Crippen LogP contribution is 2.31. The van der Waals surface area contributed by atoms with Crippen molar-refractivity contribution in [3.8, 4) is 0 Å². The average molecular weight is 355 g/mol. The maximum Gasteiger partial charge on any atom is 0.225 e. The molecule has 0 spiro atoms. The first kappa shape index (κ1) is 12.8. The zero-order chi connectivity index (χ0) is 13.4. The van der Waals surface area contributed by atoms with Crippen LogP contribution in [0.5, 0.6) is 0 Å². The van der Waals surface area contributed by atoms with E-state index in [1.54, 1.807) is 11.3 Å². The van der Waals surface area contributed by atoms with E-state index in [0.717, 1.165) is 31.8 Å². The number of aromatic nitrogens is 2. The molecule has 3 nitrogen and oxygen atoms in total. The van der Waals surface area contributed by atoms with E-state index in [-0.39, 0.29) is 5.28 Å². The van der Waals surface area contributed by atoms with Crippen molar-refractivity contribution in [3.63, 3.8) is 0 Å². The van der Waals surface area contributed by atoms with E-state index in [1.807, 2.05) is 36.6 Å². The minimum absolute atomic E-state index is 0.255. The van der Waals surface area contributed by atoms with Crippen LogP contribution in [0.15, 0.2) is 34.1 Å². The normalized spacial score (nSPS) is 10.9. The van der Waals surface area contributed by atoms with Crippen molar-refractivity contribution in [3.05, 3.63) is 45.0 Å². The zero-order valence-corrected chi connectivity index (χ0v) is 13.1. The van der Waals surface area contributed by atoms with Gasteiger partial charge in [-0.15, -0.1) is 11.3 Å². The summed E-state index contributed by atoms with van der Waals surface area (Å²) in [5, 5.41) is 6.54. The van der Waals surface area contributed by atoms with Crippen LogP contribution < -0.4 is 5.32 Å². The molecule has 6 heteroatoms. The Morgan fingerprint density at radius 3 is 2.95 bits per heavy atom. The van der Waals surface area contributed by atoms with Crippen LogP contribution >= 0.6 is 38.9 Å². The second kappa shape index (κ2) is 5.07. The molecule has 0 saturated carbocycles. The number of benzene rings is 1. The third-order valence-corrected chi connectivity index (χ3v) is 4.65. The molecule has 3 rings (SSSR count). The average Bonchev–Trinajstić information content (AvgIpc) is 2.83. The topological polar surface area (TPSA) is 37.8 Å². The molecular formula is C13H9BrClN3S. The molecule has 0 aliphatic heterocycles. The highest BCUT2D eigenvalue weighted by atomic mass is 79.9. The van der Waals surface area contributed by atoms with E-state index in [4.69, 9.17) is 11.6 Å². The molecule has 1 aromatic carbocycles. The summed E-state index contributed by atoms with van der Waals surface area (Å²) < 4.78 is 1.05. The Labute approximate surface area is 127 Å². The van der Waals surface area contributed by atoms with E-state index >= 15 is 0 Å². The van der Waals surface area contributed by atoms with Gasteiger partial charge in [0.2, 0.25) is 5.28 Å². The molecule has 0 bridgehead atoms. The highest BCUT2D eigenvalue weighted by Gasteiger charge is 2.09. The van der Waals surface area contributed by atoms with Gasteiger partial charge >= 0.3 is 0 Å². The van der Waals surface area contributed by atoms with E-state index in [9.17, 15) is 0 Å². The van der Waals surface area contributed by atoms with Gasteiger partial charge in [0.25, 0.3) is 0 Å². The lowest BCUT2D eigenvalue weighted by Crippen LogP contribution is -1.98. The lowest BCUT2D eigenvalue weighted by Gasteiger charge is -2.11. The molecule has 3 aromatic rings. The fourth-order valence-electron chi connectivity index (χ4n) is 1.80. The smallest absolute Gasteiger partial charge is 0.225 e. The van der Waals surface area contributed by atoms with Crippen molar-refractivity contribution in [1.29, 1.82) is 0 Å². The van der Waals surface area contributed by atoms with Crippen LogP contribution in [0.25, 0.3) is 10.2 Å². The van der Waals surface area contributed by atoms with Gasteiger partial charge in [0.1, 0.15) is 10.6 Å². The van der Waals surface area contributed by atoms with Crippen molar-refractivity contribution in [2.75, 3.05) is 5.32 Å². The Bertz CT molecular complexity index is 757. The highest BCUT2D eigenvalue weighted by molar-refractivity contribution is 9.10. The Balaban J connectivity index is 2.10. The second-order valence-electron chi connectivity index (χ2n) is 4.02. The number of halogens is 2. The van der Waals surface area contributed by atoms with Crippen molar-refractivity contribution >= 4 is 60.6 Å². The van der Waals surface area contributed by atoms with Gasteiger partial charge in [0.15, 0.2) is 0 Å². The van der Waals surface area contributed by atoms with Crippen LogP contribution in [0.2, 0.25) is 5.28 Å². The Hall–Kier alpha value is -1.17. The quantitative estimate of drug-likeness (QED) is 0.646. The van der Waals surface area contributed by atoms with E-state index in [2.05, 4.69) is 31.2 Å². The summed E-state index contributed by atoms with van der Waals surface area (Å²) in [5.74, 6) is 0.734. The number of nitrogens with zero attached hydrogens (tertiary/aromatic N) is 2. The zero-order valence-electron chi connectivity index (χ0n) is 9.95. The number of nitrogens with one attached hydrogen (secondary N) is 1. The van der Waals surface area contributed by atoms with Crippen molar-refractivity contribution in [1.82, 2.24) is 9.97 Å². The summed E-state index contributed by atoms with van der Waals surface area (Å²) in [6.07, 6.45) is 0. The first-order valence-electron chi connectivity index (χ1n) is 5.58. The summed E-state index contributed by atoms with van der Waals surface area (Å²) >= 11 is 11.0. The van der Waals surface area contributed by atoms with Crippen LogP contribution in [-0.2, 0) is 0 Å². The predicted octanol–water partition coefficient (Wildman–Crippen LogP) is 5.16. The van der Waals surface area contributed by atoms with Crippen molar-refractivity contribution < 1.29 is 0 Å². The minimum atomic E-state index is 0.255. The van der Waals surface area contributed by atoms with Gasteiger partial charge in [-0.2, -0.15) is 4.98 Å². The maximum atomic E-state index is 5.95. The van der Waals surface area contributed by atoms with Crippen LogP contribution in [0, 0.1) is 6.92 Å². The van der Waals surface area contributed by atoms with Gasteiger partial charge in [0, 0.05) is 10.2 Å². The minimum Gasteiger partial charge on any atom is -0.339 e. The maximum absolute atomic E-state index is 5.95. The molecule has 0 atom stereocenters. The fraction of sp³-hybridized carbons (Fsp3) is 0.0769. The van der Waals surface area contributed by atoms with Crippen LogP contribution in [0.1, 0.15) is 5.56 Å². The fourth-order valence-corrected chi connectivity index (χ4v) is 3.14. The van der Waals surface area contributed by atoms with Crippen molar-refractivity contribution in [2.45, 2.75) is 6.92 Å². The summed E-state index contributed by atoms with van der Waals surface area (Å²) in [4.78, 5) is 9.36. The first-order valence-corrected chi connectivity index (χ1v) is 7.63. The number of rotatable bonds is 2. The number of thiophene rings is 1. The summed E-state index contributed by atoms with van der Waals surface area (Å²) in [6.45, 7) is 2.04. The van der Waals surface area contributed by atoms with Crippen LogP contribution in [-0.4, -0.2) is 9.97 Å². The van der Waals surface area contributed by atoms with Gasteiger partial charge in [-0.1, -0.05) is 22.0 Å². The molecule has 0 fully saturated rings. The molecule has 0 saturated heterocycles. The molecule has 96 valence electrons. The Kier molecular flexibility index (Phi) is 3.43. The van der Waals surface area contributed by atoms with Gasteiger partial charge < -0.3 is 5.32 Å². The SMILES string of the molecule is Cc1c(Br)cccc1Nc1nc(Cl)nc2sccc12. The molecule has 0 radical (unpaired) electrons. The molecule has 2 aromatic heterocycles. The largest absolute Gasteiger partial charge is 0.339 e. The first-order chi connectivity index (χ1) is 9.15. The standard InChI is InChI=1S/C13H9BrClN3S/c1-7-9(14)3-2-4-10(7)16-11-8-5-6-19-12(8)18-13(15)17-11/h2-6H,1H3,(H,16,17,18). The summed E-state index contributed by atoms with van der Waals surface area (Å²) in [7, 11) is 0. The van der Waals surface area contributed by atoms with Crippen LogP contribution in [0.3, 0.4) is 0 Å². The monoisotopic (exact) mass is 353 g/mol. The molecule has 0 amide bonds. The van der Waals surface area contributed by atoms with E-state index in [1.165, 1.54) is 0 Å². The molecule has 0 aliphatic carbocycles. The van der Waals surface area contributed by atoms with E-state index < -0.39 is 0 Å². The number of hydrogen-bond donors (Lipinski definition) is 1. The molecule has 1 N–H and O–H groups in total. The number of fused-ring (bicyclic) bond motifs is 1. The van der Waals surface area contributed by atoms with Crippen LogP contribution in [0.4, 0.5) is 11.5 Å². The molecule has 0 aliphatic rings. The summed E-state index contributed by atoms with van der Waals surface area (Å²) in [6, 6.07) is 7.99. The number of anilines is 2. The molecule has 2 heterocycles. The Morgan fingerprint density at radius 1 is 1.26 bits per heavy atom. The summed E-state index contributed by atoms with van der Waals surface area (Å²) in [5.41, 5.74) is 2.12. The lowest BCUT2D eigenvalue weighted by molar-refractivity contribution is 1.22. The van der Waals surface area contributed by atoms with Gasteiger partial charge in [-0.3, -0.25) is 0 Å². The molecule has 0 unspecified atom stereocenters. The van der Waals surface area contributed by atoms with Gasteiger partial charge in [-0.05, 0) is 47.7 Å². The lowest BCUT2D eigenvalue weighted by atomic mass is 10.2. The van der Waals surface area contributed by atoms with Crippen molar-refractivity contribution in [2.24, 2.45) is 0 Å². The molecular weight excluding hydrogens is 346 g/mol. The van der Waals surface area contributed by atoms with Gasteiger partial charge in [-0.25, -0.2) is 4.98 Å². The second-order valence-corrected chi connectivity index (χ2v) is 6.11.